The van der Waals surface area contributed by atoms with Gasteiger partial charge in [0.2, 0.25) is 0 Å². The second-order valence-electron chi connectivity index (χ2n) is 5.00. The van der Waals surface area contributed by atoms with Crippen molar-refractivity contribution in [3.8, 4) is 0 Å². The molecule has 0 spiro atoms. The van der Waals surface area contributed by atoms with Gasteiger partial charge in [-0.05, 0) is 23.8 Å². The molecular weight excluding hydrogens is 288 g/mol. The minimum Gasteiger partial charge on any atom is -0.315 e. The Kier molecular flexibility index (Phi) is 3.40. The molecule has 1 aromatic heterocycles. The summed E-state index contributed by atoms with van der Waals surface area (Å²) in [7, 11) is 0. The summed E-state index contributed by atoms with van der Waals surface area (Å²) in [5, 5.41) is 10.8. The van der Waals surface area contributed by atoms with Crippen molar-refractivity contribution in [2.75, 3.05) is 13.1 Å². The van der Waals surface area contributed by atoms with E-state index < -0.39 is 17.6 Å². The highest BCUT2D eigenvalue weighted by Gasteiger charge is 2.33. The first-order chi connectivity index (χ1) is 9.93. The van der Waals surface area contributed by atoms with Crippen LogP contribution in [0.25, 0.3) is 0 Å². The van der Waals surface area contributed by atoms with Crippen molar-refractivity contribution in [3.05, 3.63) is 47.0 Å². The molecule has 0 radical (unpaired) electrons. The lowest BCUT2D eigenvalue weighted by Gasteiger charge is -2.24. The van der Waals surface area contributed by atoms with Crippen LogP contribution in [-0.2, 0) is 12.7 Å². The van der Waals surface area contributed by atoms with Crippen LogP contribution in [0.3, 0.4) is 0 Å². The lowest BCUT2D eigenvalue weighted by atomic mass is 10.0. The Labute approximate surface area is 117 Å². The number of aromatic nitrogens is 3. The molecule has 1 aliphatic heterocycles. The monoisotopic (exact) mass is 300 g/mol. The van der Waals surface area contributed by atoms with Crippen molar-refractivity contribution >= 4 is 0 Å². The van der Waals surface area contributed by atoms with Crippen LogP contribution in [0.1, 0.15) is 22.7 Å². The predicted molar refractivity (Wildman–Crippen MR) is 66.1 cm³/mol. The topological polar surface area (TPSA) is 42.7 Å². The van der Waals surface area contributed by atoms with Crippen molar-refractivity contribution in [3.63, 3.8) is 0 Å². The second-order valence-corrected chi connectivity index (χ2v) is 5.00. The Bertz CT molecular complexity index is 646. The fourth-order valence-electron chi connectivity index (χ4n) is 2.22. The van der Waals surface area contributed by atoms with E-state index in [1.165, 1.54) is 4.68 Å². The average Bonchev–Trinajstić information content (AvgIpc) is 2.73. The summed E-state index contributed by atoms with van der Waals surface area (Å²) in [4.78, 5) is 0. The van der Waals surface area contributed by atoms with Crippen LogP contribution >= 0.6 is 0 Å². The number of rotatable bonds is 3. The first-order valence-electron chi connectivity index (χ1n) is 6.40. The molecule has 2 aromatic rings. The normalized spacial score (nSPS) is 16.0. The van der Waals surface area contributed by atoms with Crippen LogP contribution in [0.5, 0.6) is 0 Å². The molecule has 3 rings (SSSR count). The van der Waals surface area contributed by atoms with Gasteiger partial charge < -0.3 is 5.32 Å². The van der Waals surface area contributed by atoms with Crippen molar-refractivity contribution in [1.82, 2.24) is 20.3 Å². The zero-order valence-corrected chi connectivity index (χ0v) is 10.9. The molecule has 1 aromatic carbocycles. The van der Waals surface area contributed by atoms with Gasteiger partial charge in [0.15, 0.2) is 0 Å². The third kappa shape index (κ3) is 2.90. The molecule has 112 valence electrons. The SMILES string of the molecule is Fc1ccc(C(F)(F)F)c(Cn2cc(C3CNC3)nn2)c1. The van der Waals surface area contributed by atoms with E-state index in [1.54, 1.807) is 6.20 Å². The van der Waals surface area contributed by atoms with E-state index in [9.17, 15) is 17.6 Å². The van der Waals surface area contributed by atoms with Crippen LogP contribution in [0.15, 0.2) is 24.4 Å². The molecule has 0 amide bonds. The number of benzene rings is 1. The summed E-state index contributed by atoms with van der Waals surface area (Å²) in [5.41, 5.74) is -0.282. The fraction of sp³-hybridized carbons (Fsp3) is 0.385. The van der Waals surface area contributed by atoms with E-state index in [0.29, 0.717) is 0 Å². The first-order valence-corrected chi connectivity index (χ1v) is 6.40. The maximum absolute atomic E-state index is 13.2. The third-order valence-corrected chi connectivity index (χ3v) is 3.46. The molecule has 2 heterocycles. The summed E-state index contributed by atoms with van der Waals surface area (Å²) in [6.07, 6.45) is -2.92. The van der Waals surface area contributed by atoms with E-state index in [2.05, 4.69) is 15.6 Å². The van der Waals surface area contributed by atoms with Crippen molar-refractivity contribution < 1.29 is 17.6 Å². The minimum absolute atomic E-state index is 0.161. The number of hydrogen-bond acceptors (Lipinski definition) is 3. The van der Waals surface area contributed by atoms with Crippen LogP contribution in [0.4, 0.5) is 17.6 Å². The van der Waals surface area contributed by atoms with Crippen molar-refractivity contribution in [2.24, 2.45) is 0 Å². The van der Waals surface area contributed by atoms with Gasteiger partial charge in [0.05, 0.1) is 17.8 Å². The minimum atomic E-state index is -4.52. The highest BCUT2D eigenvalue weighted by molar-refractivity contribution is 5.30. The van der Waals surface area contributed by atoms with Gasteiger partial charge in [0.1, 0.15) is 5.82 Å². The maximum atomic E-state index is 13.2. The van der Waals surface area contributed by atoms with Gasteiger partial charge in [-0.1, -0.05) is 5.21 Å². The molecule has 1 fully saturated rings. The number of halogens is 4. The van der Waals surface area contributed by atoms with Crippen molar-refractivity contribution in [1.29, 1.82) is 0 Å². The van der Waals surface area contributed by atoms with Gasteiger partial charge in [0.25, 0.3) is 0 Å². The molecule has 21 heavy (non-hydrogen) atoms. The van der Waals surface area contributed by atoms with Crippen LogP contribution in [0.2, 0.25) is 0 Å². The molecule has 4 nitrogen and oxygen atoms in total. The van der Waals surface area contributed by atoms with Gasteiger partial charge in [-0.2, -0.15) is 13.2 Å². The largest absolute Gasteiger partial charge is 0.416 e. The van der Waals surface area contributed by atoms with Gasteiger partial charge >= 0.3 is 6.18 Å². The van der Waals surface area contributed by atoms with Crippen LogP contribution in [-0.4, -0.2) is 28.1 Å². The Morgan fingerprint density at radius 3 is 2.67 bits per heavy atom. The van der Waals surface area contributed by atoms with Gasteiger partial charge in [-0.3, -0.25) is 0 Å². The average molecular weight is 300 g/mol. The maximum Gasteiger partial charge on any atom is 0.416 e. The van der Waals surface area contributed by atoms with Gasteiger partial charge in [-0.25, -0.2) is 9.07 Å². The summed E-state index contributed by atoms with van der Waals surface area (Å²) >= 11 is 0. The molecule has 1 saturated heterocycles. The Morgan fingerprint density at radius 2 is 2.05 bits per heavy atom. The highest BCUT2D eigenvalue weighted by atomic mass is 19.4. The summed E-state index contributed by atoms with van der Waals surface area (Å²) in [6, 6.07) is 2.44. The standard InChI is InChI=1S/C13H12F4N4/c14-10-1-2-11(13(15,16)17)8(3-10)6-21-7-12(19-20-21)9-4-18-5-9/h1-3,7,9,18H,4-6H2. The molecule has 1 N–H and O–H groups in total. The van der Waals surface area contributed by atoms with E-state index in [4.69, 9.17) is 0 Å². The molecule has 8 heteroatoms. The van der Waals surface area contributed by atoms with Crippen molar-refractivity contribution in [2.45, 2.75) is 18.6 Å². The fourth-order valence-corrected chi connectivity index (χ4v) is 2.22. The van der Waals surface area contributed by atoms with E-state index >= 15 is 0 Å². The molecule has 0 unspecified atom stereocenters. The van der Waals surface area contributed by atoms with Gasteiger partial charge in [-0.15, -0.1) is 5.10 Å². The van der Waals surface area contributed by atoms with Crippen LogP contribution in [0, 0.1) is 5.82 Å². The quantitative estimate of drug-likeness (QED) is 0.884. The molecule has 0 bridgehead atoms. The summed E-state index contributed by atoms with van der Waals surface area (Å²) < 4.78 is 53.2. The Balaban J connectivity index is 1.86. The summed E-state index contributed by atoms with van der Waals surface area (Å²) in [6.45, 7) is 1.40. The lowest BCUT2D eigenvalue weighted by molar-refractivity contribution is -0.138. The number of alkyl halides is 3. The predicted octanol–water partition coefficient (Wildman–Crippen LogP) is 2.17. The summed E-state index contributed by atoms with van der Waals surface area (Å²) in [5.74, 6) is -0.463. The van der Waals surface area contributed by atoms with E-state index in [0.717, 1.165) is 37.0 Å². The zero-order valence-electron chi connectivity index (χ0n) is 10.9. The van der Waals surface area contributed by atoms with Crippen LogP contribution < -0.4 is 5.32 Å². The molecule has 1 aliphatic rings. The number of nitrogens with zero attached hydrogens (tertiary/aromatic N) is 3. The number of nitrogens with one attached hydrogen (secondary N) is 1. The molecule has 0 atom stereocenters. The first kappa shape index (κ1) is 14.0. The number of hydrogen-bond donors (Lipinski definition) is 1. The third-order valence-electron chi connectivity index (χ3n) is 3.46. The Morgan fingerprint density at radius 1 is 1.29 bits per heavy atom. The van der Waals surface area contributed by atoms with Gasteiger partial charge in [0, 0.05) is 25.2 Å². The lowest BCUT2D eigenvalue weighted by Crippen LogP contribution is -2.40. The smallest absolute Gasteiger partial charge is 0.315 e. The Hall–Kier alpha value is -1.96. The molecule has 0 saturated carbocycles. The van der Waals surface area contributed by atoms with E-state index in [1.807, 2.05) is 0 Å². The second kappa shape index (κ2) is 5.10. The zero-order chi connectivity index (χ0) is 15.0. The highest BCUT2D eigenvalue weighted by Crippen LogP contribution is 2.32. The molecule has 0 aliphatic carbocycles. The molecular formula is C13H12F4N4. The van der Waals surface area contributed by atoms with E-state index in [-0.39, 0.29) is 18.0 Å².